The molecule has 2 heterocycles. The minimum absolute atomic E-state index is 0.831. The van der Waals surface area contributed by atoms with Gasteiger partial charge in [0.15, 0.2) is 0 Å². The Kier molecular flexibility index (Phi) is 1.63. The summed E-state index contributed by atoms with van der Waals surface area (Å²) in [6.07, 6.45) is 2.05. The average molecular weight is 201 g/mol. The van der Waals surface area contributed by atoms with Crippen molar-refractivity contribution in [2.45, 2.75) is 13.8 Å². The van der Waals surface area contributed by atoms with Crippen LogP contribution in [0.3, 0.4) is 0 Å². The number of para-hydroxylation sites is 1. The molecule has 0 fully saturated rings. The number of rotatable bonds is 1. The molecular weight excluding hydrogens is 188 g/mol. The summed E-state index contributed by atoms with van der Waals surface area (Å²) in [5, 5.41) is 3.11. The lowest BCUT2D eigenvalue weighted by molar-refractivity contribution is -0.687. The molecule has 0 spiro atoms. The molecule has 2 aromatic rings. The summed E-state index contributed by atoms with van der Waals surface area (Å²) in [6.45, 7) is 5.03. The summed E-state index contributed by atoms with van der Waals surface area (Å²) in [6, 6.07) is 8.29. The molecule has 0 amide bonds. The van der Waals surface area contributed by atoms with Crippen LogP contribution in [0.5, 0.6) is 5.75 Å². The number of hydrogen-bond donors (Lipinski definition) is 0. The Labute approximate surface area is 88.4 Å². The second kappa shape index (κ2) is 2.86. The van der Waals surface area contributed by atoms with Gasteiger partial charge in [0.1, 0.15) is 6.54 Å². The third kappa shape index (κ3) is 1.03. The van der Waals surface area contributed by atoms with Gasteiger partial charge < -0.3 is 4.84 Å². The van der Waals surface area contributed by atoms with Crippen LogP contribution in [-0.2, 0) is 0 Å². The first-order valence-electron chi connectivity index (χ1n) is 5.21. The van der Waals surface area contributed by atoms with Crippen LogP contribution in [0.15, 0.2) is 30.5 Å². The Morgan fingerprint density at radius 1 is 1.33 bits per heavy atom. The molecule has 1 aromatic heterocycles. The van der Waals surface area contributed by atoms with E-state index in [0.29, 0.717) is 0 Å². The highest BCUT2D eigenvalue weighted by Gasteiger charge is 2.30. The first kappa shape index (κ1) is 8.53. The van der Waals surface area contributed by atoms with Crippen LogP contribution in [-0.4, -0.2) is 6.54 Å². The smallest absolute Gasteiger partial charge is 0.291 e. The zero-order chi connectivity index (χ0) is 10.4. The van der Waals surface area contributed by atoms with Gasteiger partial charge in [0.2, 0.25) is 11.9 Å². The molecule has 0 N–H and O–H groups in total. The largest absolute Gasteiger partial charge is 0.325 e. The van der Waals surface area contributed by atoms with Crippen LogP contribution in [0.1, 0.15) is 12.5 Å². The van der Waals surface area contributed by atoms with Crippen molar-refractivity contribution in [3.8, 4) is 5.75 Å². The molecule has 0 radical (unpaired) electrons. The third-order valence-electron chi connectivity index (χ3n) is 2.83. The summed E-state index contributed by atoms with van der Waals surface area (Å²) in [4.78, 5) is 5.72. The molecule has 76 valence electrons. The number of aryl methyl sites for hydroxylation is 1. The predicted octanol–water partition coefficient (Wildman–Crippen LogP) is 1.70. The monoisotopic (exact) mass is 201 g/mol. The number of benzene rings is 1. The van der Waals surface area contributed by atoms with E-state index in [2.05, 4.69) is 36.9 Å². The van der Waals surface area contributed by atoms with Gasteiger partial charge in [-0.25, -0.2) is 0 Å². The minimum Gasteiger partial charge on any atom is -0.325 e. The number of hydrogen-bond acceptors (Lipinski definition) is 2. The van der Waals surface area contributed by atoms with Gasteiger partial charge in [0.05, 0.1) is 5.39 Å². The van der Waals surface area contributed by atoms with E-state index < -0.39 is 0 Å². The first-order valence-corrected chi connectivity index (χ1v) is 5.21. The standard InChI is InChI=1S/C12H13N2O/c1-3-14-13-8-7-9(2)10-5-4-6-11(15-14)12(10)13/h4-8H,3H2,1-2H3/q+1. The van der Waals surface area contributed by atoms with Crippen LogP contribution >= 0.6 is 0 Å². The second-order valence-electron chi connectivity index (χ2n) is 3.76. The number of nitrogens with zero attached hydrogens (tertiary/aromatic N) is 2. The van der Waals surface area contributed by atoms with E-state index in [4.69, 9.17) is 4.84 Å². The predicted molar refractivity (Wildman–Crippen MR) is 58.3 cm³/mol. The lowest BCUT2D eigenvalue weighted by Gasteiger charge is -2.06. The molecule has 1 aliphatic rings. The highest BCUT2D eigenvalue weighted by atomic mass is 16.7. The van der Waals surface area contributed by atoms with Crippen molar-refractivity contribution in [1.82, 2.24) is 0 Å². The second-order valence-corrected chi connectivity index (χ2v) is 3.76. The summed E-state index contributed by atoms with van der Waals surface area (Å²) in [5.74, 6) is 0.943. The molecule has 0 saturated heterocycles. The van der Waals surface area contributed by atoms with E-state index in [0.717, 1.165) is 12.3 Å². The number of pyridine rings is 1. The Bertz CT molecular complexity index is 536. The van der Waals surface area contributed by atoms with Crippen LogP contribution in [0.25, 0.3) is 10.9 Å². The maximum atomic E-state index is 5.72. The maximum absolute atomic E-state index is 5.72. The summed E-state index contributed by atoms with van der Waals surface area (Å²) in [7, 11) is 0. The van der Waals surface area contributed by atoms with E-state index in [1.165, 1.54) is 16.5 Å². The minimum atomic E-state index is 0.831. The molecule has 0 aliphatic carbocycles. The van der Waals surface area contributed by atoms with Crippen molar-refractivity contribution in [3.63, 3.8) is 0 Å². The topological polar surface area (TPSA) is 16.4 Å². The van der Waals surface area contributed by atoms with Gasteiger partial charge in [0, 0.05) is 6.07 Å². The molecule has 3 heteroatoms. The zero-order valence-electron chi connectivity index (χ0n) is 8.90. The van der Waals surface area contributed by atoms with Crippen LogP contribution in [0.2, 0.25) is 0 Å². The summed E-state index contributed by atoms with van der Waals surface area (Å²) in [5.41, 5.74) is 2.45. The van der Waals surface area contributed by atoms with Crippen molar-refractivity contribution in [2.24, 2.45) is 0 Å². The maximum Gasteiger partial charge on any atom is 0.291 e. The van der Waals surface area contributed by atoms with Gasteiger partial charge in [-0.2, -0.15) is 0 Å². The van der Waals surface area contributed by atoms with Crippen molar-refractivity contribution in [3.05, 3.63) is 36.0 Å². The van der Waals surface area contributed by atoms with E-state index in [-0.39, 0.29) is 0 Å². The van der Waals surface area contributed by atoms with Gasteiger partial charge in [-0.3, -0.25) is 0 Å². The van der Waals surface area contributed by atoms with E-state index in [1.807, 2.05) is 17.3 Å². The fourth-order valence-electron chi connectivity index (χ4n) is 2.06. The van der Waals surface area contributed by atoms with Crippen LogP contribution < -0.4 is 14.7 Å². The summed E-state index contributed by atoms with van der Waals surface area (Å²) < 4.78 is 2.07. The molecule has 0 bridgehead atoms. The third-order valence-corrected chi connectivity index (χ3v) is 2.83. The molecule has 15 heavy (non-hydrogen) atoms. The van der Waals surface area contributed by atoms with Crippen molar-refractivity contribution in [1.29, 1.82) is 0 Å². The SMILES string of the molecule is CCN1Oc2cccc3c(C)cc[n+]1c23. The lowest BCUT2D eigenvalue weighted by atomic mass is 10.1. The Morgan fingerprint density at radius 2 is 2.20 bits per heavy atom. The van der Waals surface area contributed by atoms with E-state index in [1.54, 1.807) is 0 Å². The molecule has 0 saturated carbocycles. The molecule has 0 atom stereocenters. The summed E-state index contributed by atoms with van der Waals surface area (Å²) >= 11 is 0. The van der Waals surface area contributed by atoms with Gasteiger partial charge >= 0.3 is 0 Å². The normalized spacial score (nSPS) is 13.3. The molecule has 1 aromatic carbocycles. The quantitative estimate of drug-likeness (QED) is 0.653. The van der Waals surface area contributed by atoms with Gasteiger partial charge in [-0.05, 0) is 41.4 Å². The first-order chi connectivity index (χ1) is 7.31. The molecule has 0 unspecified atom stereocenters. The van der Waals surface area contributed by atoms with Gasteiger partial charge in [-0.1, -0.05) is 6.07 Å². The van der Waals surface area contributed by atoms with Crippen molar-refractivity contribution in [2.75, 3.05) is 11.7 Å². The molecule has 1 aliphatic heterocycles. The van der Waals surface area contributed by atoms with Crippen molar-refractivity contribution < 1.29 is 9.51 Å². The average Bonchev–Trinajstić information content (AvgIpc) is 2.63. The fraction of sp³-hybridized carbons (Fsp3) is 0.250. The molecule has 3 rings (SSSR count). The Morgan fingerprint density at radius 3 is 3.00 bits per heavy atom. The fourth-order valence-corrected chi connectivity index (χ4v) is 2.06. The molecule has 3 nitrogen and oxygen atoms in total. The van der Waals surface area contributed by atoms with Crippen LogP contribution in [0, 0.1) is 6.92 Å². The van der Waals surface area contributed by atoms with E-state index >= 15 is 0 Å². The van der Waals surface area contributed by atoms with Gasteiger partial charge in [-0.15, -0.1) is 0 Å². The van der Waals surface area contributed by atoms with Gasteiger partial charge in [0.25, 0.3) is 5.52 Å². The highest BCUT2D eigenvalue weighted by molar-refractivity contribution is 5.85. The zero-order valence-corrected chi connectivity index (χ0v) is 8.90. The van der Waals surface area contributed by atoms with Crippen LogP contribution in [0.4, 0.5) is 0 Å². The Balaban J connectivity index is 2.41. The molecular formula is C12H13N2O+. The Hall–Kier alpha value is -1.77. The highest BCUT2D eigenvalue weighted by Crippen LogP contribution is 2.27. The lowest BCUT2D eigenvalue weighted by Crippen LogP contribution is -2.55. The van der Waals surface area contributed by atoms with E-state index in [9.17, 15) is 0 Å². The number of aromatic nitrogens is 1. The van der Waals surface area contributed by atoms with Crippen molar-refractivity contribution >= 4 is 10.9 Å². The number of hydroxylamine groups is 1.